The second-order valence-corrected chi connectivity index (χ2v) is 11.6. The molecule has 204 valence electrons. The first-order valence-electron chi connectivity index (χ1n) is 14.0. The van der Waals surface area contributed by atoms with Crippen molar-refractivity contribution >= 4 is 5.69 Å². The summed E-state index contributed by atoms with van der Waals surface area (Å²) < 4.78 is 6.53. The van der Waals surface area contributed by atoms with E-state index in [1.165, 1.54) is 11.1 Å². The van der Waals surface area contributed by atoms with E-state index in [4.69, 9.17) is 9.72 Å². The van der Waals surface area contributed by atoms with Gasteiger partial charge in [0, 0.05) is 43.0 Å². The molecule has 4 nitrogen and oxygen atoms in total. The summed E-state index contributed by atoms with van der Waals surface area (Å²) in [6, 6.07) is 38.1. The predicted octanol–water partition coefficient (Wildman–Crippen LogP) is 9.35. The Labute approximate surface area is 243 Å². The molecule has 0 saturated carbocycles. The molecule has 0 saturated heterocycles. The van der Waals surface area contributed by atoms with Crippen LogP contribution in [0.1, 0.15) is 26.3 Å². The Kier molecular flexibility index (Phi) is 7.07. The zero-order chi connectivity index (χ0) is 28.4. The van der Waals surface area contributed by atoms with E-state index >= 15 is 0 Å². The van der Waals surface area contributed by atoms with Gasteiger partial charge in [-0.3, -0.25) is 4.98 Å². The first kappa shape index (κ1) is 26.4. The number of nitrogens with zero attached hydrogens (tertiary/aromatic N) is 3. The lowest BCUT2D eigenvalue weighted by molar-refractivity contribution is 0.481. The summed E-state index contributed by atoms with van der Waals surface area (Å²) in [6.45, 7) is 7.54. The largest absolute Gasteiger partial charge is 0.457 e. The lowest BCUT2D eigenvalue weighted by Crippen LogP contribution is -2.21. The summed E-state index contributed by atoms with van der Waals surface area (Å²) in [5.41, 5.74) is 8.95. The maximum atomic E-state index is 6.53. The van der Waals surface area contributed by atoms with Crippen molar-refractivity contribution in [3.8, 4) is 45.0 Å². The van der Waals surface area contributed by atoms with Crippen LogP contribution >= 0.6 is 0 Å². The van der Waals surface area contributed by atoms with Crippen LogP contribution in [0, 0.1) is 0 Å². The zero-order valence-electron chi connectivity index (χ0n) is 24.1. The number of aromatic nitrogens is 1. The van der Waals surface area contributed by atoms with Crippen LogP contribution in [-0.2, 0) is 5.41 Å². The fourth-order valence-corrected chi connectivity index (χ4v) is 5.09. The molecule has 0 N–H and O–H groups in total. The molecule has 0 fully saturated rings. The minimum atomic E-state index is 0.0980. The van der Waals surface area contributed by atoms with E-state index in [-0.39, 0.29) is 5.41 Å². The molecule has 0 aliphatic carbocycles. The van der Waals surface area contributed by atoms with Gasteiger partial charge in [-0.25, -0.2) is 0 Å². The standard InChI is InChI=1S/C37H35N3O/c1-37(2,3)32-15-13-28(14-16-32)30-21-31(36-24-29(17-18-38-36)27-9-6-5-7-10-27)23-35(22-30)41-34-12-8-11-33(25-34)40-20-19-39(4)26-40/h5-25H,26H2,1-4H3. The molecule has 0 spiro atoms. The number of ether oxygens (including phenoxy) is 1. The molecule has 6 rings (SSSR count). The van der Waals surface area contributed by atoms with Crippen LogP contribution in [-0.4, -0.2) is 23.6 Å². The predicted molar refractivity (Wildman–Crippen MR) is 170 cm³/mol. The molecule has 1 aliphatic rings. The SMILES string of the molecule is CN1C=CN(c2cccc(Oc3cc(-c4ccc(C(C)(C)C)cc4)cc(-c4cc(-c5ccccc5)ccn4)c3)c2)C1. The van der Waals surface area contributed by atoms with Crippen molar-refractivity contribution in [3.63, 3.8) is 0 Å². The van der Waals surface area contributed by atoms with Gasteiger partial charge in [-0.05, 0) is 75.7 Å². The lowest BCUT2D eigenvalue weighted by Gasteiger charge is -2.20. The van der Waals surface area contributed by atoms with Gasteiger partial charge in [-0.2, -0.15) is 0 Å². The Morgan fingerprint density at radius 3 is 2.12 bits per heavy atom. The number of hydrogen-bond donors (Lipinski definition) is 0. The van der Waals surface area contributed by atoms with Crippen molar-refractivity contribution in [3.05, 3.63) is 133 Å². The maximum absolute atomic E-state index is 6.53. The van der Waals surface area contributed by atoms with Crippen molar-refractivity contribution in [2.24, 2.45) is 0 Å². The topological polar surface area (TPSA) is 28.6 Å². The van der Waals surface area contributed by atoms with Crippen LogP contribution in [0.3, 0.4) is 0 Å². The Morgan fingerprint density at radius 2 is 1.39 bits per heavy atom. The lowest BCUT2D eigenvalue weighted by atomic mass is 9.86. The minimum Gasteiger partial charge on any atom is -0.457 e. The van der Waals surface area contributed by atoms with E-state index in [2.05, 4.69) is 141 Å². The highest BCUT2D eigenvalue weighted by atomic mass is 16.5. The van der Waals surface area contributed by atoms with Crippen LogP contribution in [0.25, 0.3) is 33.5 Å². The number of rotatable bonds is 6. The molecule has 4 heteroatoms. The zero-order valence-corrected chi connectivity index (χ0v) is 24.1. The molecule has 0 unspecified atom stereocenters. The third kappa shape index (κ3) is 6.02. The quantitative estimate of drug-likeness (QED) is 0.216. The number of hydrogen-bond acceptors (Lipinski definition) is 4. The van der Waals surface area contributed by atoms with Gasteiger partial charge in [-0.15, -0.1) is 0 Å². The molecular weight excluding hydrogens is 502 g/mol. The summed E-state index contributed by atoms with van der Waals surface area (Å²) in [5, 5.41) is 0. The van der Waals surface area contributed by atoms with Crippen LogP contribution in [0.5, 0.6) is 11.5 Å². The molecule has 0 bridgehead atoms. The van der Waals surface area contributed by atoms with Crippen LogP contribution in [0.4, 0.5) is 5.69 Å². The molecule has 41 heavy (non-hydrogen) atoms. The van der Waals surface area contributed by atoms with Crippen molar-refractivity contribution in [1.29, 1.82) is 0 Å². The third-order valence-corrected chi connectivity index (χ3v) is 7.42. The number of pyridine rings is 1. The van der Waals surface area contributed by atoms with E-state index in [9.17, 15) is 0 Å². The van der Waals surface area contributed by atoms with Gasteiger partial charge in [0.25, 0.3) is 0 Å². The Balaban J connectivity index is 1.39. The monoisotopic (exact) mass is 537 g/mol. The maximum Gasteiger partial charge on any atom is 0.129 e. The van der Waals surface area contributed by atoms with Crippen molar-refractivity contribution in [1.82, 2.24) is 9.88 Å². The summed E-state index contributed by atoms with van der Waals surface area (Å²) in [6.07, 6.45) is 6.04. The average Bonchev–Trinajstić information content (AvgIpc) is 3.43. The van der Waals surface area contributed by atoms with Crippen LogP contribution < -0.4 is 9.64 Å². The molecule has 0 radical (unpaired) electrons. The normalized spacial score (nSPS) is 13.1. The van der Waals surface area contributed by atoms with Crippen molar-refractivity contribution in [2.75, 3.05) is 18.6 Å². The molecular formula is C37H35N3O. The van der Waals surface area contributed by atoms with Gasteiger partial charge in [0.2, 0.25) is 0 Å². The summed E-state index contributed by atoms with van der Waals surface area (Å²) in [7, 11) is 2.07. The highest BCUT2D eigenvalue weighted by molar-refractivity contribution is 5.77. The highest BCUT2D eigenvalue weighted by Crippen LogP contribution is 2.36. The van der Waals surface area contributed by atoms with Gasteiger partial charge in [-0.1, -0.05) is 81.4 Å². The molecule has 1 aromatic heterocycles. The Hall–Kier alpha value is -4.83. The molecule has 0 amide bonds. The van der Waals surface area contributed by atoms with Crippen LogP contribution in [0.2, 0.25) is 0 Å². The van der Waals surface area contributed by atoms with E-state index in [1.807, 2.05) is 24.4 Å². The summed E-state index contributed by atoms with van der Waals surface area (Å²) in [5.74, 6) is 1.57. The molecule has 2 heterocycles. The first-order chi connectivity index (χ1) is 19.8. The average molecular weight is 538 g/mol. The van der Waals surface area contributed by atoms with E-state index in [0.29, 0.717) is 0 Å². The molecule has 0 atom stereocenters. The second kappa shape index (κ2) is 11.0. The summed E-state index contributed by atoms with van der Waals surface area (Å²) >= 11 is 0. The molecule has 1 aliphatic heterocycles. The fraction of sp³-hybridized carbons (Fsp3) is 0.162. The minimum absolute atomic E-state index is 0.0980. The van der Waals surface area contributed by atoms with Gasteiger partial charge in [0.15, 0.2) is 0 Å². The second-order valence-electron chi connectivity index (χ2n) is 11.6. The third-order valence-electron chi connectivity index (χ3n) is 7.42. The van der Waals surface area contributed by atoms with E-state index in [0.717, 1.165) is 51.8 Å². The first-order valence-corrected chi connectivity index (χ1v) is 14.0. The van der Waals surface area contributed by atoms with E-state index in [1.54, 1.807) is 0 Å². The van der Waals surface area contributed by atoms with Crippen molar-refractivity contribution < 1.29 is 4.74 Å². The highest BCUT2D eigenvalue weighted by Gasteiger charge is 2.15. The van der Waals surface area contributed by atoms with Gasteiger partial charge >= 0.3 is 0 Å². The Morgan fingerprint density at radius 1 is 0.634 bits per heavy atom. The fourth-order valence-electron chi connectivity index (χ4n) is 5.09. The van der Waals surface area contributed by atoms with Gasteiger partial charge in [0.1, 0.15) is 11.5 Å². The number of benzene rings is 4. The van der Waals surface area contributed by atoms with Crippen LogP contribution in [0.15, 0.2) is 128 Å². The Bertz CT molecular complexity index is 1680. The van der Waals surface area contributed by atoms with Gasteiger partial charge in [0.05, 0.1) is 12.4 Å². The smallest absolute Gasteiger partial charge is 0.129 e. The summed E-state index contributed by atoms with van der Waals surface area (Å²) in [4.78, 5) is 9.11. The molecule has 5 aromatic rings. The van der Waals surface area contributed by atoms with E-state index < -0.39 is 0 Å². The van der Waals surface area contributed by atoms with Gasteiger partial charge < -0.3 is 14.5 Å². The number of anilines is 1. The molecule has 4 aromatic carbocycles. The van der Waals surface area contributed by atoms with Crippen molar-refractivity contribution in [2.45, 2.75) is 26.2 Å².